The zero-order valence-corrected chi connectivity index (χ0v) is 16.7. The summed E-state index contributed by atoms with van der Waals surface area (Å²) in [5, 5.41) is 14.4. The van der Waals surface area contributed by atoms with Gasteiger partial charge in [-0.05, 0) is 26.8 Å². The number of H-pyrrole nitrogens is 2. The van der Waals surface area contributed by atoms with Gasteiger partial charge in [-0.15, -0.1) is 0 Å². The van der Waals surface area contributed by atoms with Crippen LogP contribution in [-0.2, 0) is 6.54 Å². The van der Waals surface area contributed by atoms with Gasteiger partial charge in [0.2, 0.25) is 0 Å². The van der Waals surface area contributed by atoms with Gasteiger partial charge in [-0.1, -0.05) is 13.8 Å². The Morgan fingerprint density at radius 3 is 2.59 bits per heavy atom. The molecule has 0 aliphatic heterocycles. The molecule has 0 aliphatic carbocycles. The number of nitrogens with zero attached hydrogens (tertiary/aromatic N) is 5. The number of hydrogen-bond acceptors (Lipinski definition) is 4. The molecule has 1 unspecified atom stereocenters. The van der Waals surface area contributed by atoms with E-state index < -0.39 is 0 Å². The monoisotopic (exact) mass is 369 g/mol. The Morgan fingerprint density at radius 2 is 1.96 bits per heavy atom. The van der Waals surface area contributed by atoms with Crippen LogP contribution in [0.4, 0.5) is 0 Å². The lowest BCUT2D eigenvalue weighted by atomic mass is 10.1. The fourth-order valence-corrected chi connectivity index (χ4v) is 3.42. The number of aromatic nitrogens is 6. The molecule has 0 aliphatic rings. The highest BCUT2D eigenvalue weighted by molar-refractivity contribution is 5.92. The van der Waals surface area contributed by atoms with Crippen LogP contribution in [0.1, 0.15) is 71.7 Å². The molecule has 3 rings (SSSR count). The second-order valence-electron chi connectivity index (χ2n) is 7.29. The Balaban J connectivity index is 1.75. The summed E-state index contributed by atoms with van der Waals surface area (Å²) >= 11 is 0. The lowest BCUT2D eigenvalue weighted by Crippen LogP contribution is -2.30. The highest BCUT2D eigenvalue weighted by atomic mass is 16.2. The minimum absolute atomic E-state index is 0.0995. The van der Waals surface area contributed by atoms with Crippen molar-refractivity contribution in [2.24, 2.45) is 0 Å². The van der Waals surface area contributed by atoms with E-state index in [-0.39, 0.29) is 11.9 Å². The Bertz CT molecular complexity index is 914. The van der Waals surface area contributed by atoms with Crippen LogP contribution in [0.3, 0.4) is 0 Å². The first-order valence-electron chi connectivity index (χ1n) is 9.13. The summed E-state index contributed by atoms with van der Waals surface area (Å²) in [7, 11) is 1.79. The normalized spacial score (nSPS) is 12.6. The van der Waals surface area contributed by atoms with Gasteiger partial charge in [0.25, 0.3) is 5.91 Å². The van der Waals surface area contributed by atoms with Crippen molar-refractivity contribution >= 4 is 5.91 Å². The predicted molar refractivity (Wildman–Crippen MR) is 103 cm³/mol. The molecule has 144 valence electrons. The standard InChI is InChI=1S/C19H27N7O/c1-11(2)18-20-7-8-26(18)10-15-9-16(24-23-15)19(27)25(6)14(5)17-12(3)21-22-13(17)4/h7-9,11,14H,10H2,1-6H3,(H,21,22)(H,23,24). The molecule has 8 nitrogen and oxygen atoms in total. The Kier molecular flexibility index (Phi) is 5.16. The molecule has 3 aromatic rings. The highest BCUT2D eigenvalue weighted by Crippen LogP contribution is 2.25. The molecule has 0 radical (unpaired) electrons. The van der Waals surface area contributed by atoms with Crippen LogP contribution in [0.15, 0.2) is 18.5 Å². The molecule has 3 heterocycles. The lowest BCUT2D eigenvalue weighted by Gasteiger charge is -2.24. The van der Waals surface area contributed by atoms with Gasteiger partial charge in [0.05, 0.1) is 24.0 Å². The van der Waals surface area contributed by atoms with Crippen molar-refractivity contribution in [1.82, 2.24) is 34.8 Å². The van der Waals surface area contributed by atoms with Crippen molar-refractivity contribution < 1.29 is 4.79 Å². The minimum atomic E-state index is -0.125. The van der Waals surface area contributed by atoms with E-state index in [9.17, 15) is 4.79 Å². The molecule has 0 saturated heterocycles. The van der Waals surface area contributed by atoms with Gasteiger partial charge < -0.3 is 9.47 Å². The van der Waals surface area contributed by atoms with Crippen LogP contribution < -0.4 is 0 Å². The number of nitrogens with one attached hydrogen (secondary N) is 2. The lowest BCUT2D eigenvalue weighted by molar-refractivity contribution is 0.0736. The Hall–Kier alpha value is -2.90. The fourth-order valence-electron chi connectivity index (χ4n) is 3.42. The summed E-state index contributed by atoms with van der Waals surface area (Å²) in [4.78, 5) is 19.0. The average Bonchev–Trinajstić information content (AvgIpc) is 3.34. The number of aromatic amines is 2. The van der Waals surface area contributed by atoms with Crippen molar-refractivity contribution in [2.75, 3.05) is 7.05 Å². The van der Waals surface area contributed by atoms with Crippen molar-refractivity contribution in [1.29, 1.82) is 0 Å². The first-order valence-corrected chi connectivity index (χ1v) is 9.13. The van der Waals surface area contributed by atoms with Gasteiger partial charge in [-0.25, -0.2) is 4.98 Å². The van der Waals surface area contributed by atoms with Crippen LogP contribution in [-0.4, -0.2) is 47.8 Å². The number of rotatable bonds is 6. The quantitative estimate of drug-likeness (QED) is 0.698. The molecule has 8 heteroatoms. The van der Waals surface area contributed by atoms with Gasteiger partial charge in [-0.2, -0.15) is 10.2 Å². The molecule has 2 N–H and O–H groups in total. The maximum atomic E-state index is 12.9. The summed E-state index contributed by atoms with van der Waals surface area (Å²) < 4.78 is 2.07. The van der Waals surface area contributed by atoms with Crippen LogP contribution in [0.25, 0.3) is 0 Å². The van der Waals surface area contributed by atoms with E-state index in [1.54, 1.807) is 18.1 Å². The van der Waals surface area contributed by atoms with Crippen LogP contribution in [0, 0.1) is 13.8 Å². The molecule has 3 aromatic heterocycles. The molecule has 27 heavy (non-hydrogen) atoms. The SMILES string of the molecule is Cc1n[nH]c(C)c1C(C)N(C)C(=O)c1cc(Cn2ccnc2C(C)C)[nH]n1. The van der Waals surface area contributed by atoms with Crippen molar-refractivity contribution in [3.8, 4) is 0 Å². The Labute approximate surface area is 159 Å². The molecule has 0 aromatic carbocycles. The summed E-state index contributed by atoms with van der Waals surface area (Å²) in [6.45, 7) is 10.7. The van der Waals surface area contributed by atoms with Crippen molar-refractivity contribution in [3.05, 3.63) is 52.6 Å². The Morgan fingerprint density at radius 1 is 1.22 bits per heavy atom. The van der Waals surface area contributed by atoms with E-state index in [1.165, 1.54) is 0 Å². The number of imidazole rings is 1. The summed E-state index contributed by atoms with van der Waals surface area (Å²) in [5.41, 5.74) is 4.20. The number of carbonyl (C=O) groups excluding carboxylic acids is 1. The third-order valence-electron chi connectivity index (χ3n) is 4.96. The van der Waals surface area contributed by atoms with Crippen LogP contribution in [0.2, 0.25) is 0 Å². The zero-order chi connectivity index (χ0) is 19.7. The second kappa shape index (κ2) is 7.38. The molecular formula is C19H27N7O. The third-order valence-corrected chi connectivity index (χ3v) is 4.96. The summed E-state index contributed by atoms with van der Waals surface area (Å²) in [5.74, 6) is 1.21. The smallest absolute Gasteiger partial charge is 0.274 e. The summed E-state index contributed by atoms with van der Waals surface area (Å²) in [6, 6.07) is 1.71. The third kappa shape index (κ3) is 3.65. The van der Waals surface area contributed by atoms with Gasteiger partial charge in [0.1, 0.15) is 11.5 Å². The van der Waals surface area contributed by atoms with E-state index in [4.69, 9.17) is 0 Å². The van der Waals surface area contributed by atoms with Gasteiger partial charge in [0, 0.05) is 36.6 Å². The molecule has 0 fully saturated rings. The number of carbonyl (C=O) groups is 1. The summed E-state index contributed by atoms with van der Waals surface area (Å²) in [6.07, 6.45) is 3.74. The van der Waals surface area contributed by atoms with Crippen LogP contribution in [0.5, 0.6) is 0 Å². The van der Waals surface area contributed by atoms with Gasteiger partial charge >= 0.3 is 0 Å². The maximum absolute atomic E-state index is 12.9. The van der Waals surface area contributed by atoms with Gasteiger partial charge in [-0.3, -0.25) is 15.0 Å². The molecule has 0 spiro atoms. The average molecular weight is 369 g/mol. The van der Waals surface area contributed by atoms with E-state index in [1.807, 2.05) is 33.0 Å². The largest absolute Gasteiger partial charge is 0.333 e. The molecular weight excluding hydrogens is 342 g/mol. The molecule has 1 atom stereocenters. The zero-order valence-electron chi connectivity index (χ0n) is 16.7. The van der Waals surface area contributed by atoms with Crippen molar-refractivity contribution in [3.63, 3.8) is 0 Å². The molecule has 0 bridgehead atoms. The number of amides is 1. The van der Waals surface area contributed by atoms with Crippen molar-refractivity contribution in [2.45, 2.75) is 53.1 Å². The van der Waals surface area contributed by atoms with E-state index in [2.05, 4.69) is 43.8 Å². The van der Waals surface area contributed by atoms with E-state index in [0.717, 1.165) is 28.5 Å². The van der Waals surface area contributed by atoms with E-state index >= 15 is 0 Å². The minimum Gasteiger partial charge on any atom is -0.333 e. The molecule has 1 amide bonds. The second-order valence-corrected chi connectivity index (χ2v) is 7.29. The number of aryl methyl sites for hydroxylation is 2. The van der Waals surface area contributed by atoms with Crippen LogP contribution >= 0.6 is 0 Å². The maximum Gasteiger partial charge on any atom is 0.274 e. The predicted octanol–water partition coefficient (Wildman–Crippen LogP) is 2.95. The first-order chi connectivity index (χ1) is 12.8. The fraction of sp³-hybridized carbons (Fsp3) is 0.474. The molecule has 0 saturated carbocycles. The topological polar surface area (TPSA) is 95.5 Å². The first kappa shape index (κ1) is 18.9. The number of hydrogen-bond donors (Lipinski definition) is 2. The van der Waals surface area contributed by atoms with Gasteiger partial charge in [0.15, 0.2) is 0 Å². The van der Waals surface area contributed by atoms with E-state index in [0.29, 0.717) is 18.2 Å². The highest BCUT2D eigenvalue weighted by Gasteiger charge is 2.24.